The summed E-state index contributed by atoms with van der Waals surface area (Å²) in [6.45, 7) is 1.92. The largest absolute Gasteiger partial charge is 0.438 e. The van der Waals surface area contributed by atoms with Crippen molar-refractivity contribution in [1.29, 1.82) is 5.26 Å². The Morgan fingerprint density at radius 2 is 2.05 bits per heavy atom. The summed E-state index contributed by atoms with van der Waals surface area (Å²) in [4.78, 5) is 4.56. The quantitative estimate of drug-likeness (QED) is 0.854. The number of hydrogen-bond donors (Lipinski definition) is 1. The Morgan fingerprint density at radius 1 is 1.24 bits per heavy atom. The lowest BCUT2D eigenvalue weighted by Crippen LogP contribution is -2.07. The molecule has 0 aliphatic heterocycles. The zero-order valence-electron chi connectivity index (χ0n) is 12.0. The molecule has 0 spiro atoms. The summed E-state index contributed by atoms with van der Waals surface area (Å²) in [7, 11) is 0. The van der Waals surface area contributed by atoms with E-state index in [1.165, 1.54) is 5.56 Å². The number of aryl methyl sites for hydroxylation is 3. The molecule has 0 amide bonds. The highest BCUT2D eigenvalue weighted by Gasteiger charge is 2.16. The van der Waals surface area contributed by atoms with Gasteiger partial charge in [-0.25, -0.2) is 4.98 Å². The summed E-state index contributed by atoms with van der Waals surface area (Å²) in [6.07, 6.45) is 4.26. The number of nitrogen functional groups attached to an aromatic ring is 1. The summed E-state index contributed by atoms with van der Waals surface area (Å²) in [6, 6.07) is 9.55. The van der Waals surface area contributed by atoms with E-state index in [-0.39, 0.29) is 0 Å². The van der Waals surface area contributed by atoms with E-state index in [1.54, 1.807) is 12.1 Å². The van der Waals surface area contributed by atoms with E-state index in [2.05, 4.69) is 11.1 Å². The molecule has 2 aromatic rings. The fourth-order valence-corrected chi connectivity index (χ4v) is 2.60. The normalized spacial score (nSPS) is 13.3. The molecule has 0 bridgehead atoms. The molecule has 3 rings (SSSR count). The molecule has 1 aliphatic carbocycles. The minimum atomic E-state index is 0.391. The van der Waals surface area contributed by atoms with Gasteiger partial charge in [0.2, 0.25) is 5.88 Å². The number of pyridine rings is 1. The molecule has 0 atom stereocenters. The zero-order valence-corrected chi connectivity index (χ0v) is 12.0. The molecule has 1 aliphatic rings. The van der Waals surface area contributed by atoms with Crippen LogP contribution >= 0.6 is 0 Å². The number of nitriles is 1. The van der Waals surface area contributed by atoms with Crippen LogP contribution in [0.4, 0.5) is 5.69 Å². The van der Waals surface area contributed by atoms with Gasteiger partial charge < -0.3 is 10.5 Å². The van der Waals surface area contributed by atoms with E-state index in [0.717, 1.165) is 42.6 Å². The van der Waals surface area contributed by atoms with Crippen molar-refractivity contribution in [2.75, 3.05) is 5.73 Å². The van der Waals surface area contributed by atoms with E-state index < -0.39 is 0 Å². The number of ether oxygens (including phenoxy) is 1. The number of rotatable bonds is 2. The minimum Gasteiger partial charge on any atom is -0.438 e. The van der Waals surface area contributed by atoms with Crippen molar-refractivity contribution >= 4 is 5.69 Å². The first-order valence-corrected chi connectivity index (χ1v) is 7.14. The molecule has 0 fully saturated rings. The van der Waals surface area contributed by atoms with Gasteiger partial charge in [0, 0.05) is 11.4 Å². The molecule has 4 nitrogen and oxygen atoms in total. The van der Waals surface area contributed by atoms with Crippen LogP contribution in [0.25, 0.3) is 0 Å². The maximum Gasteiger partial charge on any atom is 0.237 e. The maximum absolute atomic E-state index is 9.31. The van der Waals surface area contributed by atoms with Crippen molar-refractivity contribution in [3.8, 4) is 17.7 Å². The Morgan fingerprint density at radius 3 is 2.81 bits per heavy atom. The summed E-state index contributed by atoms with van der Waals surface area (Å²) in [5, 5.41) is 9.31. The number of hydrogen-bond acceptors (Lipinski definition) is 4. The first kappa shape index (κ1) is 13.4. The van der Waals surface area contributed by atoms with Gasteiger partial charge in [-0.3, -0.25) is 0 Å². The van der Waals surface area contributed by atoms with Crippen LogP contribution in [0.2, 0.25) is 0 Å². The average Bonchev–Trinajstić information content (AvgIpc) is 2.50. The second-order valence-corrected chi connectivity index (χ2v) is 5.39. The maximum atomic E-state index is 9.31. The smallest absolute Gasteiger partial charge is 0.237 e. The SMILES string of the molecule is Cc1cc(Oc2nc3c(cc2C#N)CCCC3)ccc1N. The van der Waals surface area contributed by atoms with Crippen LogP contribution < -0.4 is 10.5 Å². The summed E-state index contributed by atoms with van der Waals surface area (Å²) >= 11 is 0. The first-order valence-electron chi connectivity index (χ1n) is 7.14. The molecule has 0 unspecified atom stereocenters. The molecule has 1 aromatic heterocycles. The minimum absolute atomic E-state index is 0.391. The Kier molecular flexibility index (Phi) is 3.49. The van der Waals surface area contributed by atoms with Crippen molar-refractivity contribution in [2.24, 2.45) is 0 Å². The Bertz CT molecular complexity index is 732. The van der Waals surface area contributed by atoms with Crippen LogP contribution in [0.5, 0.6) is 11.6 Å². The number of nitrogens with zero attached hydrogens (tertiary/aromatic N) is 2. The second kappa shape index (κ2) is 5.45. The van der Waals surface area contributed by atoms with Crippen molar-refractivity contribution < 1.29 is 4.74 Å². The van der Waals surface area contributed by atoms with Gasteiger partial charge in [-0.15, -0.1) is 0 Å². The van der Waals surface area contributed by atoms with Crippen LogP contribution in [-0.2, 0) is 12.8 Å². The Labute approximate surface area is 124 Å². The lowest BCUT2D eigenvalue weighted by molar-refractivity contribution is 0.456. The van der Waals surface area contributed by atoms with E-state index in [1.807, 2.05) is 19.1 Å². The molecule has 106 valence electrons. The van der Waals surface area contributed by atoms with E-state index in [9.17, 15) is 5.26 Å². The molecule has 0 saturated heterocycles. The van der Waals surface area contributed by atoms with Gasteiger partial charge in [-0.2, -0.15) is 5.26 Å². The van der Waals surface area contributed by atoms with Crippen LogP contribution in [0.3, 0.4) is 0 Å². The highest BCUT2D eigenvalue weighted by atomic mass is 16.5. The predicted octanol–water partition coefficient (Wildman–Crippen LogP) is 3.52. The van der Waals surface area contributed by atoms with Gasteiger partial charge in [-0.1, -0.05) is 0 Å². The molecule has 0 radical (unpaired) electrons. The number of nitrogens with two attached hydrogens (primary N) is 1. The van der Waals surface area contributed by atoms with Crippen LogP contribution in [0.1, 0.15) is 35.2 Å². The zero-order chi connectivity index (χ0) is 14.8. The monoisotopic (exact) mass is 279 g/mol. The molecule has 0 saturated carbocycles. The van der Waals surface area contributed by atoms with Gasteiger partial charge >= 0.3 is 0 Å². The van der Waals surface area contributed by atoms with E-state index >= 15 is 0 Å². The molecule has 2 N–H and O–H groups in total. The van der Waals surface area contributed by atoms with Crippen molar-refractivity contribution in [2.45, 2.75) is 32.6 Å². The molecular weight excluding hydrogens is 262 g/mol. The van der Waals surface area contributed by atoms with Gasteiger partial charge in [0.15, 0.2) is 0 Å². The van der Waals surface area contributed by atoms with Gasteiger partial charge in [0.25, 0.3) is 0 Å². The van der Waals surface area contributed by atoms with Gasteiger partial charge in [0.1, 0.15) is 17.4 Å². The van der Waals surface area contributed by atoms with Crippen molar-refractivity contribution in [3.05, 3.63) is 46.6 Å². The van der Waals surface area contributed by atoms with Crippen LogP contribution in [0.15, 0.2) is 24.3 Å². The third-order valence-electron chi connectivity index (χ3n) is 3.84. The predicted molar refractivity (Wildman–Crippen MR) is 81.3 cm³/mol. The van der Waals surface area contributed by atoms with Gasteiger partial charge in [-0.05, 0) is 68.0 Å². The fraction of sp³-hybridized carbons (Fsp3) is 0.294. The highest BCUT2D eigenvalue weighted by Crippen LogP contribution is 2.29. The second-order valence-electron chi connectivity index (χ2n) is 5.39. The third-order valence-corrected chi connectivity index (χ3v) is 3.84. The van der Waals surface area contributed by atoms with Crippen molar-refractivity contribution in [1.82, 2.24) is 4.98 Å². The number of fused-ring (bicyclic) bond motifs is 1. The summed E-state index contributed by atoms with van der Waals surface area (Å²) < 4.78 is 5.81. The number of benzene rings is 1. The Balaban J connectivity index is 1.97. The topological polar surface area (TPSA) is 71.9 Å². The molecular formula is C17H17N3O. The number of anilines is 1. The molecule has 4 heteroatoms. The lowest BCUT2D eigenvalue weighted by atomic mass is 9.95. The standard InChI is InChI=1S/C17H17N3O/c1-11-8-14(6-7-15(11)19)21-17-13(10-18)9-12-4-2-3-5-16(12)20-17/h6-9H,2-5,19H2,1H3. The third kappa shape index (κ3) is 2.68. The molecule has 21 heavy (non-hydrogen) atoms. The average molecular weight is 279 g/mol. The summed E-state index contributed by atoms with van der Waals surface area (Å²) in [5.41, 5.74) is 10.2. The van der Waals surface area contributed by atoms with Crippen LogP contribution in [-0.4, -0.2) is 4.98 Å². The Hall–Kier alpha value is -2.54. The fourth-order valence-electron chi connectivity index (χ4n) is 2.60. The molecule has 1 aromatic carbocycles. The number of aromatic nitrogens is 1. The van der Waals surface area contributed by atoms with Gasteiger partial charge in [0.05, 0.1) is 0 Å². The summed E-state index contributed by atoms with van der Waals surface area (Å²) in [5.74, 6) is 1.05. The van der Waals surface area contributed by atoms with E-state index in [4.69, 9.17) is 10.5 Å². The van der Waals surface area contributed by atoms with E-state index in [0.29, 0.717) is 17.2 Å². The van der Waals surface area contributed by atoms with Crippen LogP contribution in [0, 0.1) is 18.3 Å². The first-order chi connectivity index (χ1) is 10.2. The lowest BCUT2D eigenvalue weighted by Gasteiger charge is -2.17. The van der Waals surface area contributed by atoms with Crippen molar-refractivity contribution in [3.63, 3.8) is 0 Å². The molecule has 1 heterocycles. The highest BCUT2D eigenvalue weighted by molar-refractivity contribution is 5.51.